The highest BCUT2D eigenvalue weighted by Crippen LogP contribution is 2.22. The molecule has 0 saturated carbocycles. The normalized spacial score (nSPS) is 12.0. The van der Waals surface area contributed by atoms with Gasteiger partial charge >= 0.3 is 0 Å². The topological polar surface area (TPSA) is 29.9 Å². The lowest BCUT2D eigenvalue weighted by atomic mass is 9.87. The van der Waals surface area contributed by atoms with Crippen molar-refractivity contribution in [2.45, 2.75) is 53.0 Å². The SMILES string of the molecule is CCCCCC(C)(C)CNCc1cnn(C)c1. The minimum Gasteiger partial charge on any atom is -0.312 e. The first-order chi connectivity index (χ1) is 8.03. The Bertz CT molecular complexity index is 315. The van der Waals surface area contributed by atoms with Crippen LogP contribution in [0, 0.1) is 5.41 Å². The van der Waals surface area contributed by atoms with Crippen LogP contribution in [0.4, 0.5) is 0 Å². The fourth-order valence-corrected chi connectivity index (χ4v) is 2.05. The molecule has 0 unspecified atom stereocenters. The summed E-state index contributed by atoms with van der Waals surface area (Å²) in [6.45, 7) is 8.95. The highest BCUT2D eigenvalue weighted by Gasteiger charge is 2.16. The van der Waals surface area contributed by atoms with Gasteiger partial charge in [-0.25, -0.2) is 0 Å². The van der Waals surface area contributed by atoms with Gasteiger partial charge in [0.2, 0.25) is 0 Å². The molecule has 1 N–H and O–H groups in total. The van der Waals surface area contributed by atoms with Crippen LogP contribution in [0.2, 0.25) is 0 Å². The lowest BCUT2D eigenvalue weighted by Crippen LogP contribution is -2.29. The molecule has 0 aliphatic carbocycles. The zero-order chi connectivity index (χ0) is 12.7. The first-order valence-electron chi connectivity index (χ1n) is 6.72. The zero-order valence-corrected chi connectivity index (χ0v) is 11.8. The smallest absolute Gasteiger partial charge is 0.0534 e. The monoisotopic (exact) mass is 237 g/mol. The molecule has 1 aromatic heterocycles. The molecule has 0 spiro atoms. The van der Waals surface area contributed by atoms with Crippen molar-refractivity contribution >= 4 is 0 Å². The van der Waals surface area contributed by atoms with Crippen molar-refractivity contribution in [3.8, 4) is 0 Å². The average molecular weight is 237 g/mol. The van der Waals surface area contributed by atoms with E-state index in [1.807, 2.05) is 17.9 Å². The summed E-state index contributed by atoms with van der Waals surface area (Å²) in [6, 6.07) is 0. The molecule has 0 radical (unpaired) electrons. The minimum absolute atomic E-state index is 0.400. The largest absolute Gasteiger partial charge is 0.312 e. The number of unbranched alkanes of at least 4 members (excludes halogenated alkanes) is 2. The third kappa shape index (κ3) is 5.87. The molecule has 0 aliphatic rings. The molecule has 1 heterocycles. The molecule has 98 valence electrons. The van der Waals surface area contributed by atoms with Crippen LogP contribution in [0.5, 0.6) is 0 Å². The molecule has 0 fully saturated rings. The van der Waals surface area contributed by atoms with Gasteiger partial charge in [-0.2, -0.15) is 5.10 Å². The van der Waals surface area contributed by atoms with Gasteiger partial charge in [-0.05, 0) is 11.8 Å². The maximum atomic E-state index is 4.17. The van der Waals surface area contributed by atoms with Crippen molar-refractivity contribution in [3.63, 3.8) is 0 Å². The van der Waals surface area contributed by atoms with Crippen LogP contribution >= 0.6 is 0 Å². The standard InChI is InChI=1S/C14H27N3/c1-5-6-7-8-14(2,3)12-15-9-13-10-16-17(4)11-13/h10-11,15H,5-9,12H2,1-4H3. The molecule has 3 heteroatoms. The highest BCUT2D eigenvalue weighted by atomic mass is 15.2. The number of aromatic nitrogens is 2. The van der Waals surface area contributed by atoms with E-state index in [1.165, 1.54) is 31.2 Å². The second kappa shape index (κ2) is 6.80. The Morgan fingerprint density at radius 1 is 1.35 bits per heavy atom. The third-order valence-electron chi connectivity index (χ3n) is 3.15. The van der Waals surface area contributed by atoms with E-state index >= 15 is 0 Å². The summed E-state index contributed by atoms with van der Waals surface area (Å²) in [7, 11) is 1.96. The maximum Gasteiger partial charge on any atom is 0.0534 e. The van der Waals surface area contributed by atoms with Crippen LogP contribution in [0.25, 0.3) is 0 Å². The van der Waals surface area contributed by atoms with E-state index in [2.05, 4.69) is 37.4 Å². The molecule has 0 saturated heterocycles. The van der Waals surface area contributed by atoms with Crippen molar-refractivity contribution in [3.05, 3.63) is 18.0 Å². The van der Waals surface area contributed by atoms with Crippen LogP contribution in [0.15, 0.2) is 12.4 Å². The van der Waals surface area contributed by atoms with E-state index < -0.39 is 0 Å². The number of nitrogens with one attached hydrogen (secondary N) is 1. The Balaban J connectivity index is 2.20. The van der Waals surface area contributed by atoms with Gasteiger partial charge in [-0.15, -0.1) is 0 Å². The van der Waals surface area contributed by atoms with Gasteiger partial charge in [0.1, 0.15) is 0 Å². The van der Waals surface area contributed by atoms with Gasteiger partial charge in [-0.3, -0.25) is 4.68 Å². The molecule has 0 atom stereocenters. The Morgan fingerprint density at radius 2 is 2.12 bits per heavy atom. The second-order valence-electron chi connectivity index (χ2n) is 5.75. The molecular formula is C14H27N3. The van der Waals surface area contributed by atoms with E-state index in [1.54, 1.807) is 0 Å². The number of hydrogen-bond donors (Lipinski definition) is 1. The first-order valence-corrected chi connectivity index (χ1v) is 6.72. The number of aryl methyl sites for hydroxylation is 1. The van der Waals surface area contributed by atoms with E-state index in [0.29, 0.717) is 5.41 Å². The molecule has 0 amide bonds. The van der Waals surface area contributed by atoms with Crippen molar-refractivity contribution in [1.29, 1.82) is 0 Å². The van der Waals surface area contributed by atoms with E-state index in [4.69, 9.17) is 0 Å². The van der Waals surface area contributed by atoms with Crippen LogP contribution in [0.1, 0.15) is 52.0 Å². The van der Waals surface area contributed by atoms with Crippen molar-refractivity contribution < 1.29 is 0 Å². The van der Waals surface area contributed by atoms with E-state index in [-0.39, 0.29) is 0 Å². The second-order valence-corrected chi connectivity index (χ2v) is 5.75. The van der Waals surface area contributed by atoms with Crippen molar-refractivity contribution in [2.75, 3.05) is 6.54 Å². The molecule has 0 bridgehead atoms. The van der Waals surface area contributed by atoms with Crippen molar-refractivity contribution in [2.24, 2.45) is 12.5 Å². The number of nitrogens with zero attached hydrogens (tertiary/aromatic N) is 2. The summed E-state index contributed by atoms with van der Waals surface area (Å²) in [5.74, 6) is 0. The van der Waals surface area contributed by atoms with E-state index in [0.717, 1.165) is 13.1 Å². The minimum atomic E-state index is 0.400. The predicted molar refractivity (Wildman–Crippen MR) is 72.8 cm³/mol. The van der Waals surface area contributed by atoms with Crippen molar-refractivity contribution in [1.82, 2.24) is 15.1 Å². The summed E-state index contributed by atoms with van der Waals surface area (Å²) in [6.07, 6.45) is 9.30. The molecular weight excluding hydrogens is 210 g/mol. The van der Waals surface area contributed by atoms with Gasteiger partial charge in [0.05, 0.1) is 6.20 Å². The average Bonchev–Trinajstić information content (AvgIpc) is 2.64. The Morgan fingerprint density at radius 3 is 2.71 bits per heavy atom. The Hall–Kier alpha value is -0.830. The Kier molecular flexibility index (Phi) is 5.69. The third-order valence-corrected chi connectivity index (χ3v) is 3.15. The lowest BCUT2D eigenvalue weighted by molar-refractivity contribution is 0.302. The molecule has 0 aromatic carbocycles. The summed E-state index contributed by atoms with van der Waals surface area (Å²) >= 11 is 0. The van der Waals surface area contributed by atoms with Crippen LogP contribution < -0.4 is 5.32 Å². The van der Waals surface area contributed by atoms with Gasteiger partial charge < -0.3 is 5.32 Å². The van der Waals surface area contributed by atoms with Crippen LogP contribution in [-0.2, 0) is 13.6 Å². The Labute approximate surface area is 106 Å². The lowest BCUT2D eigenvalue weighted by Gasteiger charge is -2.25. The quantitative estimate of drug-likeness (QED) is 0.704. The zero-order valence-electron chi connectivity index (χ0n) is 11.8. The highest BCUT2D eigenvalue weighted by molar-refractivity contribution is 5.02. The summed E-state index contributed by atoms with van der Waals surface area (Å²) in [5, 5.41) is 7.70. The fourth-order valence-electron chi connectivity index (χ4n) is 2.05. The molecule has 1 rings (SSSR count). The summed E-state index contributed by atoms with van der Waals surface area (Å²) in [5.41, 5.74) is 1.66. The van der Waals surface area contributed by atoms with E-state index in [9.17, 15) is 0 Å². The number of hydrogen-bond acceptors (Lipinski definition) is 2. The van der Waals surface area contributed by atoms with Gasteiger partial charge in [0, 0.05) is 31.9 Å². The predicted octanol–water partition coefficient (Wildman–Crippen LogP) is 3.12. The summed E-state index contributed by atoms with van der Waals surface area (Å²) in [4.78, 5) is 0. The van der Waals surface area contributed by atoms with Gasteiger partial charge in [0.15, 0.2) is 0 Å². The molecule has 0 aliphatic heterocycles. The van der Waals surface area contributed by atoms with Gasteiger partial charge in [0.25, 0.3) is 0 Å². The first kappa shape index (κ1) is 14.2. The number of rotatable bonds is 8. The maximum absolute atomic E-state index is 4.17. The molecule has 17 heavy (non-hydrogen) atoms. The van der Waals surface area contributed by atoms with Crippen LogP contribution in [-0.4, -0.2) is 16.3 Å². The molecule has 3 nitrogen and oxygen atoms in total. The molecule has 1 aromatic rings. The summed E-state index contributed by atoms with van der Waals surface area (Å²) < 4.78 is 1.85. The fraction of sp³-hybridized carbons (Fsp3) is 0.786. The van der Waals surface area contributed by atoms with Gasteiger partial charge in [-0.1, -0.05) is 40.0 Å². The van der Waals surface area contributed by atoms with Crippen LogP contribution in [0.3, 0.4) is 0 Å².